The van der Waals surface area contributed by atoms with Crippen molar-refractivity contribution in [1.82, 2.24) is 14.7 Å². The van der Waals surface area contributed by atoms with E-state index in [0.29, 0.717) is 11.8 Å². The number of hydrogen-bond donors (Lipinski definition) is 0. The Morgan fingerprint density at radius 1 is 1.09 bits per heavy atom. The largest absolute Gasteiger partial charge is 0.342 e. The third-order valence-electron chi connectivity index (χ3n) is 8.11. The highest BCUT2D eigenvalue weighted by Crippen LogP contribution is 2.56. The number of carbonyl (C=O) groups excluding carboxylic acids is 1. The fraction of sp³-hybridized carbons (Fsp3) is 0.310. The molecule has 2 fully saturated rings. The van der Waals surface area contributed by atoms with E-state index >= 15 is 0 Å². The van der Waals surface area contributed by atoms with Crippen LogP contribution in [0.15, 0.2) is 72.9 Å². The molecule has 4 aromatic rings. The van der Waals surface area contributed by atoms with E-state index in [9.17, 15) is 9.18 Å². The fourth-order valence-electron chi connectivity index (χ4n) is 6.51. The van der Waals surface area contributed by atoms with E-state index in [1.54, 1.807) is 19.1 Å². The summed E-state index contributed by atoms with van der Waals surface area (Å²) in [6.45, 7) is 5.46. The monoisotopic (exact) mass is 453 g/mol. The van der Waals surface area contributed by atoms with Gasteiger partial charge in [0.1, 0.15) is 5.82 Å². The van der Waals surface area contributed by atoms with Gasteiger partial charge in [0.15, 0.2) is 0 Å². The van der Waals surface area contributed by atoms with Crippen LogP contribution in [0.25, 0.3) is 16.6 Å². The van der Waals surface area contributed by atoms with E-state index in [1.165, 1.54) is 28.8 Å². The van der Waals surface area contributed by atoms with E-state index in [1.807, 2.05) is 15.8 Å². The second kappa shape index (κ2) is 7.79. The van der Waals surface area contributed by atoms with Gasteiger partial charge >= 0.3 is 0 Å². The summed E-state index contributed by atoms with van der Waals surface area (Å²) < 4.78 is 15.3. The third kappa shape index (κ3) is 3.25. The molecule has 1 aliphatic heterocycles. The maximum atomic E-state index is 13.4. The zero-order chi connectivity index (χ0) is 23.4. The predicted molar refractivity (Wildman–Crippen MR) is 132 cm³/mol. The molecule has 1 saturated carbocycles. The first-order valence-corrected chi connectivity index (χ1v) is 12.0. The summed E-state index contributed by atoms with van der Waals surface area (Å²) in [5, 5.41) is 5.69. The molecule has 2 aliphatic rings. The Kier molecular flexibility index (Phi) is 4.83. The Morgan fingerprint density at radius 2 is 1.85 bits per heavy atom. The van der Waals surface area contributed by atoms with E-state index in [0.717, 1.165) is 42.5 Å². The van der Waals surface area contributed by atoms with Gasteiger partial charge in [-0.2, -0.15) is 5.10 Å². The first kappa shape index (κ1) is 21.1. The minimum absolute atomic E-state index is 0.0531. The first-order chi connectivity index (χ1) is 16.4. The van der Waals surface area contributed by atoms with Gasteiger partial charge in [0.05, 0.1) is 17.4 Å². The van der Waals surface area contributed by atoms with E-state index in [2.05, 4.69) is 54.5 Å². The van der Waals surface area contributed by atoms with Gasteiger partial charge in [-0.25, -0.2) is 9.07 Å². The number of rotatable bonds is 3. The predicted octanol–water partition coefficient (Wildman–Crippen LogP) is 5.77. The number of nitrogens with zero attached hydrogens (tertiary/aromatic N) is 3. The summed E-state index contributed by atoms with van der Waals surface area (Å²) in [5.74, 6) is 0.837. The standard InChI is InChI=1S/C29H28FN3O/c1-19-12-28-23(16-31-33(28)26-10-8-25(30)9-11-26)14-27(19)29-15-22(21-6-4-3-5-7-21)13-24(29)17-32(18-29)20(2)34/h3-12,14,16,22,24H,13,15,17-18H2,1-2H3. The Morgan fingerprint density at radius 3 is 2.59 bits per heavy atom. The minimum Gasteiger partial charge on any atom is -0.342 e. The molecule has 6 rings (SSSR count). The maximum Gasteiger partial charge on any atom is 0.219 e. The molecule has 172 valence electrons. The number of benzene rings is 3. The van der Waals surface area contributed by atoms with Crippen LogP contribution in [0.1, 0.15) is 42.4 Å². The Hall–Kier alpha value is -3.47. The molecule has 1 saturated heterocycles. The van der Waals surface area contributed by atoms with Gasteiger partial charge in [-0.05, 0) is 84.7 Å². The van der Waals surface area contributed by atoms with Gasteiger partial charge in [-0.3, -0.25) is 4.79 Å². The average Bonchev–Trinajstić information content (AvgIpc) is 3.50. The van der Waals surface area contributed by atoms with Crippen molar-refractivity contribution in [3.63, 3.8) is 0 Å². The second-order valence-corrected chi connectivity index (χ2v) is 10.1. The van der Waals surface area contributed by atoms with Gasteiger partial charge in [-0.15, -0.1) is 0 Å². The third-order valence-corrected chi connectivity index (χ3v) is 8.11. The molecule has 0 bridgehead atoms. The molecule has 4 nitrogen and oxygen atoms in total. The quantitative estimate of drug-likeness (QED) is 0.395. The lowest BCUT2D eigenvalue weighted by atomic mass is 9.72. The molecule has 3 aromatic carbocycles. The molecule has 3 atom stereocenters. The Bertz CT molecular complexity index is 1380. The molecule has 1 aromatic heterocycles. The van der Waals surface area contributed by atoms with Gasteiger partial charge in [-0.1, -0.05) is 30.3 Å². The van der Waals surface area contributed by atoms with Crippen molar-refractivity contribution >= 4 is 16.8 Å². The summed E-state index contributed by atoms with van der Waals surface area (Å²) in [6.07, 6.45) is 4.04. The summed E-state index contributed by atoms with van der Waals surface area (Å²) in [4.78, 5) is 14.4. The topological polar surface area (TPSA) is 38.1 Å². The molecule has 1 aliphatic carbocycles. The van der Waals surface area contributed by atoms with Crippen molar-refractivity contribution in [2.45, 2.75) is 38.0 Å². The number of amides is 1. The number of hydrogen-bond acceptors (Lipinski definition) is 2. The Balaban J connectivity index is 1.45. The SMILES string of the molecule is CC(=O)N1CC2CC(c3ccccc3)CC2(c2cc3cnn(-c4ccc(F)cc4)c3cc2C)C1. The van der Waals surface area contributed by atoms with E-state index in [4.69, 9.17) is 0 Å². The highest BCUT2D eigenvalue weighted by Gasteiger charge is 2.55. The number of aryl methyl sites for hydroxylation is 1. The summed E-state index contributed by atoms with van der Waals surface area (Å²) in [6, 6.07) is 21.7. The van der Waals surface area contributed by atoms with Crippen molar-refractivity contribution in [2.24, 2.45) is 5.92 Å². The molecule has 0 radical (unpaired) electrons. The van der Waals surface area contributed by atoms with Crippen LogP contribution < -0.4 is 0 Å². The van der Waals surface area contributed by atoms with Crippen LogP contribution in [0.3, 0.4) is 0 Å². The number of fused-ring (bicyclic) bond motifs is 2. The molecular weight excluding hydrogens is 425 g/mol. The van der Waals surface area contributed by atoms with E-state index in [-0.39, 0.29) is 17.1 Å². The van der Waals surface area contributed by atoms with Gasteiger partial charge in [0.25, 0.3) is 0 Å². The molecule has 3 unspecified atom stereocenters. The highest BCUT2D eigenvalue weighted by atomic mass is 19.1. The zero-order valence-electron chi connectivity index (χ0n) is 19.5. The molecular formula is C29H28FN3O. The molecule has 1 amide bonds. The lowest BCUT2D eigenvalue weighted by Gasteiger charge is -2.32. The summed E-state index contributed by atoms with van der Waals surface area (Å²) >= 11 is 0. The van der Waals surface area contributed by atoms with Crippen LogP contribution in [0.4, 0.5) is 4.39 Å². The van der Waals surface area contributed by atoms with Crippen LogP contribution in [0.5, 0.6) is 0 Å². The van der Waals surface area contributed by atoms with E-state index < -0.39 is 0 Å². The molecule has 0 N–H and O–H groups in total. The molecule has 34 heavy (non-hydrogen) atoms. The van der Waals surface area contributed by atoms with Gasteiger partial charge < -0.3 is 4.90 Å². The normalized spacial score (nSPS) is 24.0. The molecule has 0 spiro atoms. The number of halogens is 1. The summed E-state index contributed by atoms with van der Waals surface area (Å²) in [5.41, 5.74) is 5.76. The van der Waals surface area contributed by atoms with Crippen LogP contribution in [0, 0.1) is 18.7 Å². The lowest BCUT2D eigenvalue weighted by molar-refractivity contribution is -0.128. The summed E-state index contributed by atoms with van der Waals surface area (Å²) in [7, 11) is 0. The molecule has 5 heteroatoms. The second-order valence-electron chi connectivity index (χ2n) is 10.1. The minimum atomic E-state index is -0.255. The van der Waals surface area contributed by atoms with Crippen LogP contribution >= 0.6 is 0 Å². The van der Waals surface area contributed by atoms with Crippen molar-refractivity contribution in [2.75, 3.05) is 13.1 Å². The molecule has 2 heterocycles. The smallest absolute Gasteiger partial charge is 0.219 e. The number of likely N-dealkylation sites (tertiary alicyclic amines) is 1. The highest BCUT2D eigenvalue weighted by molar-refractivity contribution is 5.83. The maximum absolute atomic E-state index is 13.4. The van der Waals surface area contributed by atoms with Crippen LogP contribution in [0.2, 0.25) is 0 Å². The van der Waals surface area contributed by atoms with Crippen molar-refractivity contribution in [3.8, 4) is 5.69 Å². The number of aromatic nitrogens is 2. The van der Waals surface area contributed by atoms with Crippen molar-refractivity contribution in [3.05, 3.63) is 95.4 Å². The van der Waals surface area contributed by atoms with Gasteiger partial charge in [0.2, 0.25) is 5.91 Å². The van der Waals surface area contributed by atoms with Crippen molar-refractivity contribution < 1.29 is 9.18 Å². The number of carbonyl (C=O) groups is 1. The van der Waals surface area contributed by atoms with Gasteiger partial charge in [0, 0.05) is 30.8 Å². The zero-order valence-corrected chi connectivity index (χ0v) is 19.5. The fourth-order valence-corrected chi connectivity index (χ4v) is 6.51. The average molecular weight is 454 g/mol. The van der Waals surface area contributed by atoms with Crippen LogP contribution in [-0.4, -0.2) is 33.7 Å². The van der Waals surface area contributed by atoms with Crippen molar-refractivity contribution in [1.29, 1.82) is 0 Å². The van der Waals surface area contributed by atoms with Crippen LogP contribution in [-0.2, 0) is 10.2 Å². The lowest BCUT2D eigenvalue weighted by Crippen LogP contribution is -2.34. The first-order valence-electron chi connectivity index (χ1n) is 12.0. The Labute approximate surface area is 199 Å².